The third-order valence-electron chi connectivity index (χ3n) is 3.95. The highest BCUT2D eigenvalue weighted by atomic mass is 127. The molecule has 1 aromatic heterocycles. The van der Waals surface area contributed by atoms with Crippen LogP contribution in [0.4, 0.5) is 5.82 Å². The number of hydrogen-bond donors (Lipinski definition) is 1. The molecule has 1 aliphatic carbocycles. The number of nitrogens with zero attached hydrogens (tertiary/aromatic N) is 2. The van der Waals surface area contributed by atoms with E-state index in [0.717, 1.165) is 20.7 Å². The molecule has 1 aromatic carbocycles. The normalized spacial score (nSPS) is 14.6. The molecule has 0 radical (unpaired) electrons. The Hall–Kier alpha value is -1.17. The molecule has 1 heterocycles. The largest absolute Gasteiger partial charge is 0.383 e. The lowest BCUT2D eigenvalue weighted by molar-refractivity contribution is 0.981. The van der Waals surface area contributed by atoms with Crippen molar-refractivity contribution in [1.29, 1.82) is 0 Å². The van der Waals surface area contributed by atoms with Crippen LogP contribution >= 0.6 is 22.6 Å². The average molecular weight is 379 g/mol. The van der Waals surface area contributed by atoms with E-state index in [1.54, 1.807) is 0 Å². The second-order valence-electron chi connectivity index (χ2n) is 5.66. The predicted molar refractivity (Wildman–Crippen MR) is 90.8 cm³/mol. The highest BCUT2D eigenvalue weighted by Gasteiger charge is 2.29. The van der Waals surface area contributed by atoms with Gasteiger partial charge in [0, 0.05) is 11.5 Å². The van der Waals surface area contributed by atoms with Gasteiger partial charge in [0.2, 0.25) is 0 Å². The van der Waals surface area contributed by atoms with E-state index in [-0.39, 0.29) is 0 Å². The van der Waals surface area contributed by atoms with Crippen molar-refractivity contribution in [1.82, 2.24) is 9.97 Å². The first-order valence-electron chi connectivity index (χ1n) is 6.88. The molecule has 0 bridgehead atoms. The molecule has 3 nitrogen and oxygen atoms in total. The zero-order valence-electron chi connectivity index (χ0n) is 12.0. The van der Waals surface area contributed by atoms with Crippen molar-refractivity contribution in [3.63, 3.8) is 0 Å². The fourth-order valence-electron chi connectivity index (χ4n) is 2.43. The van der Waals surface area contributed by atoms with Crippen molar-refractivity contribution in [3.8, 4) is 11.4 Å². The predicted octanol–water partition coefficient (Wildman–Crippen LogP) is 4.13. The summed E-state index contributed by atoms with van der Waals surface area (Å²) in [5.74, 6) is 1.96. The molecule has 1 saturated carbocycles. The summed E-state index contributed by atoms with van der Waals surface area (Å²) in [6.07, 6.45) is 2.44. The summed E-state index contributed by atoms with van der Waals surface area (Å²) in [6, 6.07) is 4.36. The van der Waals surface area contributed by atoms with Gasteiger partial charge < -0.3 is 5.73 Å². The highest BCUT2D eigenvalue weighted by molar-refractivity contribution is 14.1. The number of nitrogens with two attached hydrogens (primary N) is 1. The number of rotatable bonds is 2. The van der Waals surface area contributed by atoms with E-state index >= 15 is 0 Å². The van der Waals surface area contributed by atoms with E-state index in [1.165, 1.54) is 29.5 Å². The molecule has 3 rings (SSSR count). The summed E-state index contributed by atoms with van der Waals surface area (Å²) < 4.78 is 1.02. The molecule has 104 valence electrons. The summed E-state index contributed by atoms with van der Waals surface area (Å²) in [7, 11) is 0. The van der Waals surface area contributed by atoms with Gasteiger partial charge in [-0.25, -0.2) is 9.97 Å². The van der Waals surface area contributed by atoms with Crippen LogP contribution in [-0.2, 0) is 0 Å². The first-order chi connectivity index (χ1) is 9.47. The van der Waals surface area contributed by atoms with Crippen molar-refractivity contribution in [3.05, 3.63) is 38.1 Å². The number of halogens is 1. The van der Waals surface area contributed by atoms with Crippen LogP contribution in [0.15, 0.2) is 12.1 Å². The fourth-order valence-corrected chi connectivity index (χ4v) is 3.11. The van der Waals surface area contributed by atoms with E-state index in [2.05, 4.69) is 60.5 Å². The molecule has 2 aromatic rings. The van der Waals surface area contributed by atoms with E-state index < -0.39 is 0 Å². The van der Waals surface area contributed by atoms with Gasteiger partial charge >= 0.3 is 0 Å². The van der Waals surface area contributed by atoms with Crippen LogP contribution in [0.3, 0.4) is 0 Å². The van der Waals surface area contributed by atoms with Crippen molar-refractivity contribution in [2.45, 2.75) is 39.5 Å². The van der Waals surface area contributed by atoms with Gasteiger partial charge in [-0.15, -0.1) is 0 Å². The molecule has 0 amide bonds. The van der Waals surface area contributed by atoms with Gasteiger partial charge in [0.15, 0.2) is 5.82 Å². The van der Waals surface area contributed by atoms with Gasteiger partial charge in [0.1, 0.15) is 5.82 Å². The Kier molecular flexibility index (Phi) is 3.44. The summed E-state index contributed by atoms with van der Waals surface area (Å²) in [6.45, 7) is 6.36. The molecular weight excluding hydrogens is 361 g/mol. The van der Waals surface area contributed by atoms with Gasteiger partial charge in [-0.2, -0.15) is 0 Å². The van der Waals surface area contributed by atoms with Gasteiger partial charge in [-0.1, -0.05) is 6.07 Å². The minimum absolute atomic E-state index is 0.581. The highest BCUT2D eigenvalue weighted by Crippen LogP contribution is 2.42. The van der Waals surface area contributed by atoms with Crippen LogP contribution in [0, 0.1) is 24.3 Å². The maximum Gasteiger partial charge on any atom is 0.162 e. The van der Waals surface area contributed by atoms with Gasteiger partial charge in [-0.05, 0) is 79.0 Å². The second-order valence-corrected chi connectivity index (χ2v) is 6.74. The number of nitrogen functional groups attached to an aromatic ring is 1. The molecule has 0 atom stereocenters. The lowest BCUT2D eigenvalue weighted by atomic mass is 10.0. The molecule has 1 fully saturated rings. The molecule has 4 heteroatoms. The van der Waals surface area contributed by atoms with Gasteiger partial charge in [-0.3, -0.25) is 0 Å². The van der Waals surface area contributed by atoms with Crippen LogP contribution in [-0.4, -0.2) is 9.97 Å². The third-order valence-corrected chi connectivity index (χ3v) is 5.05. The maximum atomic E-state index is 6.08. The van der Waals surface area contributed by atoms with Crippen molar-refractivity contribution < 1.29 is 0 Å². The Labute approximate surface area is 133 Å². The van der Waals surface area contributed by atoms with Gasteiger partial charge in [0.05, 0.1) is 9.26 Å². The van der Waals surface area contributed by atoms with E-state index in [0.29, 0.717) is 11.7 Å². The monoisotopic (exact) mass is 379 g/mol. The van der Waals surface area contributed by atoms with E-state index in [9.17, 15) is 0 Å². The number of aromatic nitrogens is 2. The summed E-state index contributed by atoms with van der Waals surface area (Å²) in [5.41, 5.74) is 12.1. The first kappa shape index (κ1) is 13.8. The van der Waals surface area contributed by atoms with Crippen molar-refractivity contribution in [2.24, 2.45) is 0 Å². The molecule has 0 aliphatic heterocycles. The Morgan fingerprint density at radius 1 is 1.05 bits per heavy atom. The lowest BCUT2D eigenvalue weighted by Gasteiger charge is -2.12. The molecule has 1 aliphatic rings. The Morgan fingerprint density at radius 3 is 2.35 bits per heavy atom. The minimum Gasteiger partial charge on any atom is -0.383 e. The van der Waals surface area contributed by atoms with E-state index in [4.69, 9.17) is 10.7 Å². The zero-order chi connectivity index (χ0) is 14.4. The number of benzene rings is 1. The third kappa shape index (κ3) is 2.41. The molecule has 2 N–H and O–H groups in total. The molecule has 20 heavy (non-hydrogen) atoms. The smallest absolute Gasteiger partial charge is 0.162 e. The standard InChI is InChI=1S/C16H18IN3/c1-8-6-10(3)12(7-9(8)2)16-19-14(11-4-5-11)13(17)15(18)20-16/h6-7,11H,4-5H2,1-3H3,(H2,18,19,20). The first-order valence-corrected chi connectivity index (χ1v) is 7.96. The average Bonchev–Trinajstić information content (AvgIpc) is 3.21. The maximum absolute atomic E-state index is 6.08. The number of hydrogen-bond acceptors (Lipinski definition) is 3. The number of aryl methyl sites for hydroxylation is 3. The van der Waals surface area contributed by atoms with Crippen LogP contribution in [0.5, 0.6) is 0 Å². The lowest BCUT2D eigenvalue weighted by Crippen LogP contribution is -2.05. The summed E-state index contributed by atoms with van der Waals surface area (Å²) in [4.78, 5) is 9.30. The van der Waals surface area contributed by atoms with Crippen LogP contribution in [0.25, 0.3) is 11.4 Å². The summed E-state index contributed by atoms with van der Waals surface area (Å²) >= 11 is 2.27. The van der Waals surface area contributed by atoms with Crippen LogP contribution in [0.2, 0.25) is 0 Å². The van der Waals surface area contributed by atoms with E-state index in [1.807, 2.05) is 0 Å². The number of anilines is 1. The SMILES string of the molecule is Cc1cc(C)c(-c2nc(N)c(I)c(C3CC3)n2)cc1C. The Bertz CT molecular complexity index is 691. The van der Waals surface area contributed by atoms with Gasteiger partial charge in [0.25, 0.3) is 0 Å². The summed E-state index contributed by atoms with van der Waals surface area (Å²) in [5, 5.41) is 0. The van der Waals surface area contributed by atoms with Crippen LogP contribution in [0.1, 0.15) is 41.1 Å². The second kappa shape index (κ2) is 4.98. The molecular formula is C16H18IN3. The van der Waals surface area contributed by atoms with Crippen LogP contribution < -0.4 is 5.73 Å². The molecule has 0 spiro atoms. The fraction of sp³-hybridized carbons (Fsp3) is 0.375. The Morgan fingerprint density at radius 2 is 1.70 bits per heavy atom. The minimum atomic E-state index is 0.581. The topological polar surface area (TPSA) is 51.8 Å². The van der Waals surface area contributed by atoms with Crippen molar-refractivity contribution in [2.75, 3.05) is 5.73 Å². The Balaban J connectivity index is 2.17. The zero-order valence-corrected chi connectivity index (χ0v) is 14.2. The quantitative estimate of drug-likeness (QED) is 0.799. The molecule has 0 saturated heterocycles. The van der Waals surface area contributed by atoms with Crippen molar-refractivity contribution >= 4 is 28.4 Å². The molecule has 0 unspecified atom stereocenters.